The molecule has 4 nitrogen and oxygen atoms in total. The van der Waals surface area contributed by atoms with Gasteiger partial charge in [0.2, 0.25) is 0 Å². The Morgan fingerprint density at radius 1 is 1.19 bits per heavy atom. The van der Waals surface area contributed by atoms with E-state index in [1.54, 1.807) is 0 Å². The fraction of sp³-hybridized carbons (Fsp3) is 0.500. The van der Waals surface area contributed by atoms with Crippen molar-refractivity contribution in [1.82, 2.24) is 9.97 Å². The van der Waals surface area contributed by atoms with Gasteiger partial charge in [0.05, 0.1) is 0 Å². The quantitative estimate of drug-likeness (QED) is 0.631. The maximum absolute atomic E-state index is 12.0. The Morgan fingerprint density at radius 2 is 1.86 bits per heavy atom. The van der Waals surface area contributed by atoms with Gasteiger partial charge >= 0.3 is 136 Å². The second kappa shape index (κ2) is 5.63. The van der Waals surface area contributed by atoms with Crippen molar-refractivity contribution in [3.8, 4) is 0 Å². The van der Waals surface area contributed by atoms with E-state index in [-0.39, 0.29) is 5.82 Å². The van der Waals surface area contributed by atoms with Crippen LogP contribution in [0.25, 0.3) is 11.0 Å². The number of benzene rings is 1. The average molecular weight is 393 g/mol. The van der Waals surface area contributed by atoms with Crippen molar-refractivity contribution in [3.05, 3.63) is 24.0 Å². The number of carbonyl (C=O) groups is 1. The first-order valence-corrected chi connectivity index (χ1v) is 9.90. The number of aromatic amines is 1. The Kier molecular flexibility index (Phi) is 4.38. The molecule has 2 aromatic rings. The summed E-state index contributed by atoms with van der Waals surface area (Å²) in [4.78, 5) is 19.4. The first-order valence-electron chi connectivity index (χ1n) is 7.05. The molecule has 0 aliphatic heterocycles. The minimum atomic E-state index is -0.663. The number of H-pyrrole nitrogens is 1. The van der Waals surface area contributed by atoms with Gasteiger partial charge in [-0.25, -0.2) is 0 Å². The van der Waals surface area contributed by atoms with Crippen molar-refractivity contribution in [1.29, 1.82) is 0 Å². The zero-order valence-electron chi connectivity index (χ0n) is 13.5. The molecule has 1 aromatic carbocycles. The molecule has 0 saturated heterocycles. The molecule has 0 amide bonds. The number of fused-ring (bicyclic) bond motifs is 1. The number of nitrogens with zero attached hydrogens (tertiary/aromatic N) is 1. The molecular formula is C16H22N2O2Sn. The summed E-state index contributed by atoms with van der Waals surface area (Å²) in [5.74, 6) is -0.130. The van der Waals surface area contributed by atoms with Crippen molar-refractivity contribution in [2.75, 3.05) is 0 Å². The van der Waals surface area contributed by atoms with E-state index >= 15 is 0 Å². The van der Waals surface area contributed by atoms with Gasteiger partial charge in [-0.15, -0.1) is 0 Å². The van der Waals surface area contributed by atoms with Crippen molar-refractivity contribution < 1.29 is 9.53 Å². The number of hydrogen-bond donors (Lipinski definition) is 1. The van der Waals surface area contributed by atoms with Gasteiger partial charge in [-0.2, -0.15) is 0 Å². The predicted molar refractivity (Wildman–Crippen MR) is 86.4 cm³/mol. The van der Waals surface area contributed by atoms with Crippen LogP contribution in [0.2, 0.25) is 3.43 Å². The Morgan fingerprint density at radius 3 is 2.43 bits per heavy atom. The molecule has 5 heteroatoms. The Hall–Kier alpha value is -1.04. The molecule has 112 valence electrons. The third-order valence-corrected chi connectivity index (χ3v) is 6.45. The molecule has 1 N–H and O–H groups in total. The molecular weight excluding hydrogens is 371 g/mol. The monoisotopic (exact) mass is 394 g/mol. The molecule has 1 aromatic heterocycles. The van der Waals surface area contributed by atoms with E-state index in [0.717, 1.165) is 11.0 Å². The summed E-state index contributed by atoms with van der Waals surface area (Å²) >= 11 is -0.663. The third kappa shape index (κ3) is 4.73. The number of carbonyl (C=O) groups excluding carboxylic acids is 1. The summed E-state index contributed by atoms with van der Waals surface area (Å²) in [6, 6.07) is 6.26. The van der Waals surface area contributed by atoms with Crippen LogP contribution < -0.4 is 3.58 Å². The number of hydrogen-bond acceptors (Lipinski definition) is 3. The first kappa shape index (κ1) is 16.3. The molecule has 21 heavy (non-hydrogen) atoms. The number of esters is 1. The summed E-state index contributed by atoms with van der Waals surface area (Å²) in [6.45, 7) is 12.4. The van der Waals surface area contributed by atoms with Crippen LogP contribution in [0.15, 0.2) is 18.2 Å². The first-order chi connectivity index (χ1) is 9.53. The molecule has 0 saturated carbocycles. The molecule has 0 atom stereocenters. The minimum absolute atomic E-state index is 0.276. The van der Waals surface area contributed by atoms with E-state index in [9.17, 15) is 4.79 Å². The summed E-state index contributed by atoms with van der Waals surface area (Å²) < 4.78 is 7.14. The van der Waals surface area contributed by atoms with Gasteiger partial charge in [-0.05, 0) is 0 Å². The van der Waals surface area contributed by atoms with Crippen LogP contribution in [0.5, 0.6) is 0 Å². The van der Waals surface area contributed by atoms with E-state index in [1.807, 2.05) is 26.8 Å². The number of ether oxygens (including phenoxy) is 1. The molecule has 0 aliphatic carbocycles. The standard InChI is InChI=1S/C12H13N2O2.C4H9.Sn/c1-12(2,3)16-11(15)10-13-8-6-4-5-7-9(8)14-10;1-4(2)3;/h4,6-7H,1-3H3,(H,13,14);1-3H3;. The van der Waals surface area contributed by atoms with Gasteiger partial charge in [0.15, 0.2) is 0 Å². The summed E-state index contributed by atoms with van der Waals surface area (Å²) in [5.41, 5.74) is 1.22. The maximum atomic E-state index is 12.0. The summed E-state index contributed by atoms with van der Waals surface area (Å²) in [6.07, 6.45) is 0. The molecule has 2 rings (SSSR count). The number of nitrogens with one attached hydrogen (secondary N) is 1. The second-order valence-electron chi connectivity index (χ2n) is 7.19. The van der Waals surface area contributed by atoms with Gasteiger partial charge in [0.25, 0.3) is 0 Å². The number of aromatic nitrogens is 2. The second-order valence-corrected chi connectivity index (χ2v) is 13.8. The molecule has 0 aliphatic rings. The van der Waals surface area contributed by atoms with Crippen molar-refractivity contribution in [2.45, 2.75) is 50.6 Å². The van der Waals surface area contributed by atoms with Crippen LogP contribution in [0.1, 0.15) is 52.2 Å². The van der Waals surface area contributed by atoms with E-state index in [4.69, 9.17) is 4.74 Å². The van der Waals surface area contributed by atoms with E-state index in [1.165, 1.54) is 3.58 Å². The van der Waals surface area contributed by atoms with Gasteiger partial charge in [0, 0.05) is 0 Å². The summed E-state index contributed by atoms with van der Waals surface area (Å²) in [5, 5.41) is 0. The van der Waals surface area contributed by atoms with Crippen LogP contribution in [0, 0.1) is 0 Å². The molecule has 2 radical (unpaired) electrons. The fourth-order valence-corrected chi connectivity index (χ4v) is 5.51. The molecule has 1 heterocycles. The van der Waals surface area contributed by atoms with Crippen LogP contribution >= 0.6 is 0 Å². The molecule has 0 fully saturated rings. The van der Waals surface area contributed by atoms with Crippen LogP contribution in [0.3, 0.4) is 0 Å². The average Bonchev–Trinajstić information content (AvgIpc) is 2.67. The van der Waals surface area contributed by atoms with Crippen LogP contribution in [-0.4, -0.2) is 42.7 Å². The van der Waals surface area contributed by atoms with Gasteiger partial charge in [-0.3, -0.25) is 0 Å². The zero-order valence-corrected chi connectivity index (χ0v) is 16.3. The van der Waals surface area contributed by atoms with E-state index < -0.39 is 32.7 Å². The SMILES string of the molecule is CC(C)(C)OC(=O)c1nc2cc[c]([Sn][C](C)(C)C)cc2[nH]1. The third-order valence-electron chi connectivity index (χ3n) is 2.59. The Bertz CT molecular complexity index is 663. The van der Waals surface area contributed by atoms with Crippen LogP contribution in [0.4, 0.5) is 0 Å². The normalized spacial score (nSPS) is 12.7. The van der Waals surface area contributed by atoms with Gasteiger partial charge < -0.3 is 0 Å². The Balaban J connectivity index is 2.28. The zero-order chi connectivity index (χ0) is 15.8. The van der Waals surface area contributed by atoms with E-state index in [2.05, 4.69) is 42.9 Å². The fourth-order valence-electron chi connectivity index (χ4n) is 1.94. The summed E-state index contributed by atoms with van der Waals surface area (Å²) in [7, 11) is 0. The topological polar surface area (TPSA) is 55.0 Å². The van der Waals surface area contributed by atoms with Crippen molar-refractivity contribution in [3.63, 3.8) is 0 Å². The van der Waals surface area contributed by atoms with Crippen molar-refractivity contribution >= 4 is 41.7 Å². The predicted octanol–water partition coefficient (Wildman–Crippen LogP) is 3.07. The van der Waals surface area contributed by atoms with Gasteiger partial charge in [0.1, 0.15) is 0 Å². The van der Waals surface area contributed by atoms with E-state index in [0.29, 0.717) is 3.43 Å². The molecule has 0 spiro atoms. The molecule has 0 bridgehead atoms. The van der Waals surface area contributed by atoms with Crippen LogP contribution in [-0.2, 0) is 4.74 Å². The Labute approximate surface area is 135 Å². The van der Waals surface area contributed by atoms with Gasteiger partial charge in [-0.1, -0.05) is 0 Å². The molecule has 0 unspecified atom stereocenters. The number of imidazole rings is 1. The van der Waals surface area contributed by atoms with Crippen molar-refractivity contribution in [2.24, 2.45) is 0 Å². The number of rotatable bonds is 2.